The summed E-state index contributed by atoms with van der Waals surface area (Å²) in [5.41, 5.74) is 0.833. The molecule has 0 unspecified atom stereocenters. The largest absolute Gasteiger partial charge is 0.418 e. The van der Waals surface area contributed by atoms with E-state index in [1.54, 1.807) is 12.4 Å². The molecule has 3 heterocycles. The van der Waals surface area contributed by atoms with E-state index in [0.717, 1.165) is 25.0 Å². The van der Waals surface area contributed by atoms with E-state index < -0.39 is 0 Å². The van der Waals surface area contributed by atoms with Gasteiger partial charge in [0.1, 0.15) is 6.10 Å². The first-order chi connectivity index (χ1) is 7.93. The van der Waals surface area contributed by atoms with E-state index >= 15 is 0 Å². The molecule has 82 valence electrons. The highest BCUT2D eigenvalue weighted by molar-refractivity contribution is 5.49. The van der Waals surface area contributed by atoms with Gasteiger partial charge in [-0.3, -0.25) is 4.98 Å². The summed E-state index contributed by atoms with van der Waals surface area (Å²) in [5, 5.41) is 8.00. The van der Waals surface area contributed by atoms with Gasteiger partial charge >= 0.3 is 0 Å². The van der Waals surface area contributed by atoms with Crippen molar-refractivity contribution in [1.29, 1.82) is 0 Å². The molecule has 2 aromatic heterocycles. The number of hydrogen-bond acceptors (Lipinski definition) is 5. The van der Waals surface area contributed by atoms with Crippen LogP contribution in [0.3, 0.4) is 0 Å². The summed E-state index contributed by atoms with van der Waals surface area (Å²) in [6.45, 7) is 0.773. The van der Waals surface area contributed by atoms with Crippen LogP contribution in [0.4, 0.5) is 0 Å². The van der Waals surface area contributed by atoms with Crippen molar-refractivity contribution < 1.29 is 9.15 Å². The van der Waals surface area contributed by atoms with Crippen LogP contribution in [0.2, 0.25) is 0 Å². The lowest BCUT2D eigenvalue weighted by atomic mass is 10.2. The predicted octanol–water partition coefficient (Wildman–Crippen LogP) is 1.98. The molecule has 0 N–H and O–H groups in total. The second kappa shape index (κ2) is 4.02. The molecule has 1 aliphatic heterocycles. The fourth-order valence-electron chi connectivity index (χ4n) is 1.74. The molecule has 1 saturated heterocycles. The summed E-state index contributed by atoms with van der Waals surface area (Å²) >= 11 is 0. The molecule has 0 aromatic carbocycles. The Morgan fingerprint density at radius 3 is 3.06 bits per heavy atom. The third-order valence-electron chi connectivity index (χ3n) is 2.55. The molecule has 2 aromatic rings. The average molecular weight is 217 g/mol. The van der Waals surface area contributed by atoms with Crippen molar-refractivity contribution >= 4 is 0 Å². The zero-order chi connectivity index (χ0) is 10.8. The molecule has 0 aliphatic carbocycles. The van der Waals surface area contributed by atoms with Gasteiger partial charge in [-0.25, -0.2) is 0 Å². The van der Waals surface area contributed by atoms with Crippen molar-refractivity contribution in [1.82, 2.24) is 15.2 Å². The van der Waals surface area contributed by atoms with Crippen molar-refractivity contribution in [2.75, 3.05) is 6.61 Å². The zero-order valence-electron chi connectivity index (χ0n) is 8.67. The highest BCUT2D eigenvalue weighted by atomic mass is 16.5. The molecule has 3 rings (SSSR count). The van der Waals surface area contributed by atoms with Crippen LogP contribution in [0, 0.1) is 0 Å². The van der Waals surface area contributed by atoms with E-state index in [1.807, 2.05) is 12.1 Å². The number of aromatic nitrogens is 3. The Morgan fingerprint density at radius 2 is 2.31 bits per heavy atom. The minimum absolute atomic E-state index is 0.0297. The Hall–Kier alpha value is -1.75. The Bertz CT molecular complexity index is 463. The van der Waals surface area contributed by atoms with Gasteiger partial charge in [0.05, 0.1) is 5.56 Å². The number of hydrogen-bond donors (Lipinski definition) is 0. The van der Waals surface area contributed by atoms with Crippen LogP contribution >= 0.6 is 0 Å². The van der Waals surface area contributed by atoms with Crippen molar-refractivity contribution in [3.05, 3.63) is 30.4 Å². The standard InChI is InChI=1S/C11H11N3O2/c1-3-8(7-12-5-1)10-13-14-11(16-10)9-4-2-6-15-9/h1,3,5,7,9H,2,4,6H2/t9-/m1/s1. The molecule has 16 heavy (non-hydrogen) atoms. The second-order valence-electron chi connectivity index (χ2n) is 3.69. The average Bonchev–Trinajstić information content (AvgIpc) is 3.01. The number of ether oxygens (including phenoxy) is 1. The molecule has 5 heteroatoms. The van der Waals surface area contributed by atoms with Crippen LogP contribution < -0.4 is 0 Å². The Labute approximate surface area is 92.5 Å². The lowest BCUT2D eigenvalue weighted by Crippen LogP contribution is -1.95. The third kappa shape index (κ3) is 1.69. The molecule has 1 atom stereocenters. The van der Waals surface area contributed by atoms with E-state index in [2.05, 4.69) is 15.2 Å². The van der Waals surface area contributed by atoms with Gasteiger partial charge in [0.2, 0.25) is 11.8 Å². The van der Waals surface area contributed by atoms with E-state index in [0.29, 0.717) is 11.8 Å². The molecular formula is C11H11N3O2. The van der Waals surface area contributed by atoms with Gasteiger partial charge in [0.25, 0.3) is 0 Å². The van der Waals surface area contributed by atoms with Crippen molar-refractivity contribution in [3.8, 4) is 11.5 Å². The summed E-state index contributed by atoms with van der Waals surface area (Å²) < 4.78 is 11.0. The van der Waals surface area contributed by atoms with Crippen molar-refractivity contribution in [2.24, 2.45) is 0 Å². The quantitative estimate of drug-likeness (QED) is 0.769. The first-order valence-electron chi connectivity index (χ1n) is 5.29. The fraction of sp³-hybridized carbons (Fsp3) is 0.364. The maximum atomic E-state index is 5.57. The van der Waals surface area contributed by atoms with Gasteiger partial charge in [-0.15, -0.1) is 10.2 Å². The minimum atomic E-state index is -0.0297. The predicted molar refractivity (Wildman–Crippen MR) is 55.5 cm³/mol. The Morgan fingerprint density at radius 1 is 1.31 bits per heavy atom. The zero-order valence-corrected chi connectivity index (χ0v) is 8.67. The van der Waals surface area contributed by atoms with Gasteiger partial charge in [-0.2, -0.15) is 0 Å². The maximum Gasteiger partial charge on any atom is 0.249 e. The smallest absolute Gasteiger partial charge is 0.249 e. The van der Waals surface area contributed by atoms with Gasteiger partial charge in [-0.1, -0.05) is 0 Å². The van der Waals surface area contributed by atoms with E-state index in [9.17, 15) is 0 Å². The highest BCUT2D eigenvalue weighted by Gasteiger charge is 2.23. The summed E-state index contributed by atoms with van der Waals surface area (Å²) in [6.07, 6.45) is 5.38. The molecule has 0 saturated carbocycles. The van der Waals surface area contributed by atoms with Crippen LogP contribution in [-0.2, 0) is 4.74 Å². The molecule has 1 aliphatic rings. The Kier molecular flexibility index (Phi) is 2.38. The van der Waals surface area contributed by atoms with Crippen LogP contribution in [0.15, 0.2) is 28.9 Å². The topological polar surface area (TPSA) is 61.0 Å². The Balaban J connectivity index is 1.87. The first-order valence-corrected chi connectivity index (χ1v) is 5.29. The number of nitrogens with zero attached hydrogens (tertiary/aromatic N) is 3. The van der Waals surface area contributed by atoms with Crippen LogP contribution in [0.5, 0.6) is 0 Å². The molecule has 1 fully saturated rings. The van der Waals surface area contributed by atoms with Gasteiger partial charge in [0.15, 0.2) is 0 Å². The minimum Gasteiger partial charge on any atom is -0.418 e. The third-order valence-corrected chi connectivity index (χ3v) is 2.55. The first kappa shape index (κ1) is 9.47. The summed E-state index contributed by atoms with van der Waals surface area (Å²) in [5.74, 6) is 1.06. The van der Waals surface area contributed by atoms with Crippen molar-refractivity contribution in [2.45, 2.75) is 18.9 Å². The SMILES string of the molecule is c1cncc(-c2nnc([C@H]3CCCO3)o2)c1. The summed E-state index contributed by atoms with van der Waals surface area (Å²) in [4.78, 5) is 4.01. The molecular weight excluding hydrogens is 206 g/mol. The van der Waals surface area contributed by atoms with Crippen LogP contribution in [0.1, 0.15) is 24.8 Å². The van der Waals surface area contributed by atoms with E-state index in [-0.39, 0.29) is 6.10 Å². The van der Waals surface area contributed by atoms with Gasteiger partial charge in [0, 0.05) is 19.0 Å². The molecule has 0 spiro atoms. The van der Waals surface area contributed by atoms with Crippen LogP contribution in [0.25, 0.3) is 11.5 Å². The second-order valence-corrected chi connectivity index (χ2v) is 3.69. The maximum absolute atomic E-state index is 5.57. The molecule has 0 bridgehead atoms. The van der Waals surface area contributed by atoms with E-state index in [1.165, 1.54) is 0 Å². The molecule has 0 radical (unpaired) electrons. The molecule has 5 nitrogen and oxygen atoms in total. The monoisotopic (exact) mass is 217 g/mol. The van der Waals surface area contributed by atoms with Crippen molar-refractivity contribution in [3.63, 3.8) is 0 Å². The fourth-order valence-corrected chi connectivity index (χ4v) is 1.74. The summed E-state index contributed by atoms with van der Waals surface area (Å²) in [6, 6.07) is 3.73. The lowest BCUT2D eigenvalue weighted by Gasteiger charge is -2.01. The summed E-state index contributed by atoms with van der Waals surface area (Å²) in [7, 11) is 0. The van der Waals surface area contributed by atoms with Gasteiger partial charge in [-0.05, 0) is 25.0 Å². The number of rotatable bonds is 2. The van der Waals surface area contributed by atoms with Crippen LogP contribution in [-0.4, -0.2) is 21.8 Å². The molecule has 0 amide bonds. The lowest BCUT2D eigenvalue weighted by molar-refractivity contribution is 0.0896. The van der Waals surface area contributed by atoms with Gasteiger partial charge < -0.3 is 9.15 Å². The van der Waals surface area contributed by atoms with E-state index in [4.69, 9.17) is 9.15 Å². The highest BCUT2D eigenvalue weighted by Crippen LogP contribution is 2.29. The number of pyridine rings is 1. The normalized spacial score (nSPS) is 20.1.